The first-order valence-electron chi connectivity index (χ1n) is 16.2. The second-order valence-corrected chi connectivity index (χ2v) is 12.9. The number of carboxylic acid groups (broad SMARTS) is 2. The molecule has 50 heavy (non-hydrogen) atoms. The number of benzene rings is 6. The largest absolute Gasteiger partial charge is 0.493 e. The highest BCUT2D eigenvalue weighted by Crippen LogP contribution is 2.45. The van der Waals surface area contributed by atoms with Crippen molar-refractivity contribution < 1.29 is 30.0 Å². The molecular weight excluding hydrogens is 630 g/mol. The van der Waals surface area contributed by atoms with Crippen molar-refractivity contribution in [3.8, 4) is 0 Å². The lowest BCUT2D eigenvalue weighted by molar-refractivity contribution is 0.0695. The summed E-state index contributed by atoms with van der Waals surface area (Å²) < 4.78 is 0. The van der Waals surface area contributed by atoms with Crippen molar-refractivity contribution in [2.24, 2.45) is 9.98 Å². The molecule has 0 unspecified atom stereocenters. The van der Waals surface area contributed by atoms with Crippen molar-refractivity contribution in [3.05, 3.63) is 125 Å². The molecule has 0 aliphatic carbocycles. The van der Waals surface area contributed by atoms with Gasteiger partial charge in [-0.25, -0.2) is 19.6 Å². The number of hydrogen-bond acceptors (Lipinski definition) is 5. The number of nitrogens with zero attached hydrogens (tertiary/aromatic N) is 3. The van der Waals surface area contributed by atoms with Crippen molar-refractivity contribution in [2.45, 2.75) is 39.5 Å². The molecule has 0 spiro atoms. The third kappa shape index (κ3) is 5.15. The van der Waals surface area contributed by atoms with E-state index in [1.807, 2.05) is 24.3 Å². The Balaban J connectivity index is 1.64. The van der Waals surface area contributed by atoms with Crippen molar-refractivity contribution in [1.82, 2.24) is 4.98 Å². The molecule has 248 valence electrons. The molecule has 0 bridgehead atoms. The summed E-state index contributed by atoms with van der Waals surface area (Å²) >= 11 is 0. The molecule has 0 aliphatic heterocycles. The van der Waals surface area contributed by atoms with Gasteiger partial charge in [-0.1, -0.05) is 70.2 Å². The van der Waals surface area contributed by atoms with Gasteiger partial charge in [0.2, 0.25) is 11.8 Å². The summed E-state index contributed by atoms with van der Waals surface area (Å²) in [7, 11) is 0. The molecule has 0 atom stereocenters. The van der Waals surface area contributed by atoms with Crippen LogP contribution < -0.4 is 0 Å². The number of pyridine rings is 1. The molecule has 1 heterocycles. The van der Waals surface area contributed by atoms with E-state index < -0.39 is 11.9 Å². The maximum atomic E-state index is 12.3. The molecule has 6 aromatic carbocycles. The number of aromatic nitrogens is 1. The van der Waals surface area contributed by atoms with Crippen molar-refractivity contribution >= 4 is 78.2 Å². The van der Waals surface area contributed by atoms with Gasteiger partial charge in [0, 0.05) is 34.3 Å². The van der Waals surface area contributed by atoms with Gasteiger partial charge in [0.1, 0.15) is 0 Å². The second-order valence-electron chi connectivity index (χ2n) is 12.9. The normalized spacial score (nSPS) is 12.7. The van der Waals surface area contributed by atoms with Crippen LogP contribution in [0.1, 0.15) is 82.5 Å². The first kappa shape index (κ1) is 32.2. The zero-order valence-electron chi connectivity index (χ0n) is 27.8. The summed E-state index contributed by atoms with van der Waals surface area (Å²) in [4.78, 5) is 38.1. The number of aliphatic hydroxyl groups excluding tert-OH is 2. The summed E-state index contributed by atoms with van der Waals surface area (Å²) in [6, 6.07) is 22.6. The van der Waals surface area contributed by atoms with Crippen LogP contribution in [-0.2, 0) is 0 Å². The van der Waals surface area contributed by atoms with E-state index in [0.717, 1.165) is 11.1 Å². The van der Waals surface area contributed by atoms with Gasteiger partial charge in [-0.2, -0.15) is 0 Å². The molecule has 0 aliphatic rings. The average Bonchev–Trinajstić information content (AvgIpc) is 3.09. The lowest BCUT2D eigenvalue weighted by Gasteiger charge is -2.20. The molecule has 0 saturated carbocycles. The fraction of sp³-hybridized carbons (Fsp3) is 0.146. The Morgan fingerprint density at radius 1 is 0.520 bits per heavy atom. The molecule has 1 aromatic heterocycles. The van der Waals surface area contributed by atoms with Gasteiger partial charge in [-0.05, 0) is 91.7 Å². The molecule has 9 nitrogen and oxygen atoms in total. The lowest BCUT2D eigenvalue weighted by Crippen LogP contribution is -2.08. The topological polar surface area (TPSA) is 153 Å². The molecule has 7 rings (SSSR count). The Bertz CT molecular complexity index is 2480. The predicted molar refractivity (Wildman–Crippen MR) is 198 cm³/mol. The number of carboxylic acids is 2. The lowest BCUT2D eigenvalue weighted by atomic mass is 9.84. The Morgan fingerprint density at radius 2 is 0.920 bits per heavy atom. The minimum atomic E-state index is -1.24. The molecule has 9 heteroatoms. The highest BCUT2D eigenvalue weighted by Gasteiger charge is 2.25. The van der Waals surface area contributed by atoms with E-state index in [0.29, 0.717) is 60.2 Å². The minimum Gasteiger partial charge on any atom is -0.493 e. The van der Waals surface area contributed by atoms with Crippen LogP contribution >= 0.6 is 0 Å². The summed E-state index contributed by atoms with van der Waals surface area (Å²) in [5.74, 6) is -2.76. The van der Waals surface area contributed by atoms with Gasteiger partial charge in [0.25, 0.3) is 0 Å². The van der Waals surface area contributed by atoms with Gasteiger partial charge in [0.15, 0.2) is 0 Å². The smallest absolute Gasteiger partial charge is 0.336 e. The fourth-order valence-corrected chi connectivity index (χ4v) is 7.03. The predicted octanol–water partition coefficient (Wildman–Crippen LogP) is 10.0. The summed E-state index contributed by atoms with van der Waals surface area (Å²) in [6.45, 7) is 8.31. The summed E-state index contributed by atoms with van der Waals surface area (Å²) in [5.41, 5.74) is 3.58. The molecule has 0 fully saturated rings. The first-order chi connectivity index (χ1) is 24.0. The zero-order chi connectivity index (χ0) is 35.4. The first-order valence-corrected chi connectivity index (χ1v) is 16.2. The van der Waals surface area contributed by atoms with Crippen LogP contribution in [0.4, 0.5) is 11.4 Å². The zero-order valence-corrected chi connectivity index (χ0v) is 27.8. The van der Waals surface area contributed by atoms with Gasteiger partial charge < -0.3 is 20.4 Å². The van der Waals surface area contributed by atoms with Crippen molar-refractivity contribution in [1.29, 1.82) is 0 Å². The molecule has 7 aromatic rings. The maximum Gasteiger partial charge on any atom is 0.336 e. The van der Waals surface area contributed by atoms with Gasteiger partial charge in [-0.3, -0.25) is 4.98 Å². The van der Waals surface area contributed by atoms with Gasteiger partial charge in [0.05, 0.1) is 22.5 Å². The number of carbonyl (C=O) groups is 2. The van der Waals surface area contributed by atoms with Gasteiger partial charge in [-0.15, -0.1) is 0 Å². The number of rotatable bonds is 8. The Labute approximate surface area is 286 Å². The van der Waals surface area contributed by atoms with E-state index in [9.17, 15) is 30.0 Å². The molecule has 0 radical (unpaired) electrons. The number of fused-ring (bicyclic) bond motifs is 2. The average molecular weight is 664 g/mol. The Morgan fingerprint density at radius 3 is 1.34 bits per heavy atom. The maximum absolute atomic E-state index is 12.3. The molecule has 0 amide bonds. The number of aliphatic imine (C=N–C) groups is 2. The second kappa shape index (κ2) is 12.3. The number of para-hydroxylation sites is 1. The number of hydrogen-bond donors (Lipinski definition) is 4. The van der Waals surface area contributed by atoms with E-state index in [2.05, 4.69) is 37.7 Å². The fourth-order valence-electron chi connectivity index (χ4n) is 7.03. The number of aromatic carboxylic acids is 2. The van der Waals surface area contributed by atoms with E-state index in [4.69, 9.17) is 4.99 Å². The van der Waals surface area contributed by atoms with Crippen LogP contribution in [-0.4, -0.2) is 49.1 Å². The van der Waals surface area contributed by atoms with Crippen LogP contribution in [0.3, 0.4) is 0 Å². The van der Waals surface area contributed by atoms with E-state index in [1.54, 1.807) is 54.9 Å². The van der Waals surface area contributed by atoms with Crippen LogP contribution in [0.5, 0.6) is 0 Å². The molecular formula is C41H33N3O6. The summed E-state index contributed by atoms with van der Waals surface area (Å²) in [6.07, 6.45) is 3.14. The molecule has 4 N–H and O–H groups in total. The Kier molecular flexibility index (Phi) is 7.90. The van der Waals surface area contributed by atoms with E-state index >= 15 is 0 Å². The van der Waals surface area contributed by atoms with Gasteiger partial charge >= 0.3 is 11.9 Å². The third-order valence-electron chi connectivity index (χ3n) is 9.30. The van der Waals surface area contributed by atoms with E-state index in [1.165, 1.54) is 12.1 Å². The number of aliphatic hydroxyl groups is 2. The van der Waals surface area contributed by atoms with E-state index in [-0.39, 0.29) is 40.1 Å². The summed E-state index contributed by atoms with van der Waals surface area (Å²) in [5, 5.41) is 48.1. The van der Waals surface area contributed by atoms with Crippen LogP contribution in [0.15, 0.2) is 101 Å². The van der Waals surface area contributed by atoms with Crippen molar-refractivity contribution in [3.63, 3.8) is 0 Å². The van der Waals surface area contributed by atoms with Crippen LogP contribution in [0, 0.1) is 0 Å². The highest BCUT2D eigenvalue weighted by atomic mass is 16.4. The highest BCUT2D eigenvalue weighted by molar-refractivity contribution is 6.38. The van der Waals surface area contributed by atoms with Crippen molar-refractivity contribution in [2.75, 3.05) is 0 Å². The molecule has 0 saturated heterocycles. The SMILES string of the molecule is CC(C)c1cccc(C(C)C)c1N=C(O)c1ccc2c3ccc(C(=O)O)c4c(C(=O)O)ccc(c5ccc(C(O)=Nc6ccncc6)c1c52)c43. The quantitative estimate of drug-likeness (QED) is 0.0546. The Hall–Kier alpha value is -6.35. The minimum absolute atomic E-state index is 0.118. The third-order valence-corrected chi connectivity index (χ3v) is 9.30. The van der Waals surface area contributed by atoms with Crippen LogP contribution in [0.2, 0.25) is 0 Å². The monoisotopic (exact) mass is 663 g/mol. The standard InChI is InChI=1S/C41H33N3O6/c1-20(2)23-6-5-7-24(21(3)4)37(23)44-39(46)30-13-9-26-28-11-15-32(41(49)50)36-31(40(47)48)14-10-27(34(28)36)25-8-12-29(35(30)33(25)26)38(45)43-22-16-18-42-19-17-22/h5-21H,1-4H3,(H,44,46)(H,47,48)(H,49,50)(H,42,43,45). The van der Waals surface area contributed by atoms with Crippen LogP contribution in [0.25, 0.3) is 43.1 Å².